The van der Waals surface area contributed by atoms with Gasteiger partial charge in [-0.25, -0.2) is 13.6 Å². The van der Waals surface area contributed by atoms with Crippen molar-refractivity contribution in [1.29, 1.82) is 0 Å². The number of rotatable bonds is 7. The predicted molar refractivity (Wildman–Crippen MR) is 93.4 cm³/mol. The fourth-order valence-electron chi connectivity index (χ4n) is 2.32. The molecule has 25 heavy (non-hydrogen) atoms. The van der Waals surface area contributed by atoms with Crippen molar-refractivity contribution in [3.05, 3.63) is 41.3 Å². The number of carbonyl (C=O) groups excluding carboxylic acids is 1. The summed E-state index contributed by atoms with van der Waals surface area (Å²) in [5.74, 6) is 0.623. The third kappa shape index (κ3) is 5.38. The van der Waals surface area contributed by atoms with E-state index in [0.717, 1.165) is 17.0 Å². The molecule has 1 heterocycles. The average molecular weight is 366 g/mol. The number of nitrogens with two attached hydrogens (primary N) is 1. The third-order valence-electron chi connectivity index (χ3n) is 3.80. The number of aryl methyl sites for hydroxylation is 2. The summed E-state index contributed by atoms with van der Waals surface area (Å²) < 4.78 is 27.5. The summed E-state index contributed by atoms with van der Waals surface area (Å²) in [6.45, 7) is 4.96. The van der Waals surface area contributed by atoms with Crippen molar-refractivity contribution in [1.82, 2.24) is 10.1 Å². The van der Waals surface area contributed by atoms with E-state index in [9.17, 15) is 13.2 Å². The summed E-state index contributed by atoms with van der Waals surface area (Å²) in [7, 11) is -1.82. The smallest absolute Gasteiger partial charge is 0.238 e. The van der Waals surface area contributed by atoms with Crippen molar-refractivity contribution in [3.63, 3.8) is 0 Å². The molecule has 9 heteroatoms. The molecule has 0 spiro atoms. The largest absolute Gasteiger partial charge is 0.361 e. The van der Waals surface area contributed by atoms with E-state index in [0.29, 0.717) is 25.2 Å². The topological polar surface area (TPSA) is 119 Å². The van der Waals surface area contributed by atoms with Gasteiger partial charge in [-0.05, 0) is 45.2 Å². The van der Waals surface area contributed by atoms with E-state index >= 15 is 0 Å². The van der Waals surface area contributed by atoms with E-state index < -0.39 is 10.0 Å². The Kier molecular flexibility index (Phi) is 5.93. The Morgan fingerprint density at radius 1 is 1.28 bits per heavy atom. The first-order valence-corrected chi connectivity index (χ1v) is 9.24. The molecule has 0 saturated heterocycles. The number of aromatic nitrogens is 1. The number of nitrogens with zero attached hydrogens (tertiary/aromatic N) is 2. The second kappa shape index (κ2) is 7.77. The number of sulfonamides is 1. The highest BCUT2D eigenvalue weighted by Crippen LogP contribution is 2.15. The van der Waals surface area contributed by atoms with Crippen LogP contribution in [0.3, 0.4) is 0 Å². The molecule has 0 aliphatic carbocycles. The molecule has 0 atom stereocenters. The molecular formula is C16H22N4O4S. The molecule has 3 N–H and O–H groups in total. The Hall–Kier alpha value is -2.23. The van der Waals surface area contributed by atoms with Crippen LogP contribution in [0.1, 0.15) is 23.4 Å². The van der Waals surface area contributed by atoms with E-state index in [-0.39, 0.29) is 10.8 Å². The first-order chi connectivity index (χ1) is 11.7. The number of amides is 1. The average Bonchev–Trinajstić information content (AvgIpc) is 2.84. The Labute approximate surface area is 147 Å². The minimum Gasteiger partial charge on any atom is -0.361 e. The molecule has 1 amide bonds. The second-order valence-corrected chi connectivity index (χ2v) is 7.47. The molecule has 1 aromatic heterocycles. The van der Waals surface area contributed by atoms with Crippen LogP contribution < -0.4 is 10.5 Å². The SMILES string of the molecule is Cc1noc(C)c1CN(C)CCC(=O)Nc1ccc(S(N)(=O)=O)cc1. The maximum absolute atomic E-state index is 12.0. The van der Waals surface area contributed by atoms with Gasteiger partial charge < -0.3 is 14.7 Å². The van der Waals surface area contributed by atoms with Crippen molar-refractivity contribution >= 4 is 21.6 Å². The van der Waals surface area contributed by atoms with E-state index in [1.165, 1.54) is 24.3 Å². The van der Waals surface area contributed by atoms with Crippen LogP contribution in [-0.4, -0.2) is 38.0 Å². The van der Waals surface area contributed by atoms with Crippen LogP contribution >= 0.6 is 0 Å². The van der Waals surface area contributed by atoms with Gasteiger partial charge in [-0.1, -0.05) is 5.16 Å². The fraction of sp³-hybridized carbons (Fsp3) is 0.375. The number of benzene rings is 1. The molecule has 0 bridgehead atoms. The molecule has 136 valence electrons. The minimum absolute atomic E-state index is 0.00435. The van der Waals surface area contributed by atoms with E-state index in [1.807, 2.05) is 25.8 Å². The Bertz CT molecular complexity index is 824. The van der Waals surface area contributed by atoms with Crippen molar-refractivity contribution in [3.8, 4) is 0 Å². The first kappa shape index (κ1) is 19.1. The fourth-order valence-corrected chi connectivity index (χ4v) is 2.84. The van der Waals surface area contributed by atoms with Crippen LogP contribution in [0.2, 0.25) is 0 Å². The molecule has 1 aromatic carbocycles. The zero-order valence-electron chi connectivity index (χ0n) is 14.4. The lowest BCUT2D eigenvalue weighted by Crippen LogP contribution is -2.24. The van der Waals surface area contributed by atoms with Crippen LogP contribution in [0.15, 0.2) is 33.7 Å². The summed E-state index contributed by atoms with van der Waals surface area (Å²) in [4.78, 5) is 14.0. The number of nitrogens with one attached hydrogen (secondary N) is 1. The van der Waals surface area contributed by atoms with Gasteiger partial charge in [-0.15, -0.1) is 0 Å². The zero-order valence-corrected chi connectivity index (χ0v) is 15.3. The number of primary sulfonamides is 1. The summed E-state index contributed by atoms with van der Waals surface area (Å²) in [6, 6.07) is 5.72. The van der Waals surface area contributed by atoms with Gasteiger partial charge >= 0.3 is 0 Å². The monoisotopic (exact) mass is 366 g/mol. The highest BCUT2D eigenvalue weighted by molar-refractivity contribution is 7.89. The van der Waals surface area contributed by atoms with Gasteiger partial charge in [0.2, 0.25) is 15.9 Å². The van der Waals surface area contributed by atoms with Crippen LogP contribution in [0.5, 0.6) is 0 Å². The van der Waals surface area contributed by atoms with Crippen LogP contribution in [0.25, 0.3) is 0 Å². The third-order valence-corrected chi connectivity index (χ3v) is 4.73. The molecular weight excluding hydrogens is 344 g/mol. The normalized spacial score (nSPS) is 11.7. The standard InChI is InChI=1S/C16H22N4O4S/c1-11-15(12(2)24-19-11)10-20(3)9-8-16(21)18-13-4-6-14(7-5-13)25(17,22)23/h4-7H,8-10H2,1-3H3,(H,18,21)(H2,17,22,23). The second-order valence-electron chi connectivity index (χ2n) is 5.91. The van der Waals surface area contributed by atoms with Crippen LogP contribution in [0, 0.1) is 13.8 Å². The lowest BCUT2D eigenvalue weighted by Gasteiger charge is -2.16. The summed E-state index contributed by atoms with van der Waals surface area (Å²) in [5, 5.41) is 11.7. The minimum atomic E-state index is -3.73. The quantitative estimate of drug-likeness (QED) is 0.764. The van der Waals surface area contributed by atoms with Gasteiger partial charge in [0.15, 0.2) is 0 Å². The molecule has 0 radical (unpaired) electrons. The molecule has 2 rings (SSSR count). The summed E-state index contributed by atoms with van der Waals surface area (Å²) in [5.41, 5.74) is 2.40. The summed E-state index contributed by atoms with van der Waals surface area (Å²) >= 11 is 0. The van der Waals surface area contributed by atoms with Gasteiger partial charge in [0.05, 0.1) is 10.6 Å². The van der Waals surface area contributed by atoms with Crippen LogP contribution in [0.4, 0.5) is 5.69 Å². The van der Waals surface area contributed by atoms with Crippen molar-refractivity contribution < 1.29 is 17.7 Å². The Morgan fingerprint density at radius 2 is 1.92 bits per heavy atom. The number of hydrogen-bond donors (Lipinski definition) is 2. The van der Waals surface area contributed by atoms with Gasteiger partial charge in [0.1, 0.15) is 5.76 Å². The molecule has 8 nitrogen and oxygen atoms in total. The Morgan fingerprint density at radius 3 is 2.44 bits per heavy atom. The number of hydrogen-bond acceptors (Lipinski definition) is 6. The first-order valence-electron chi connectivity index (χ1n) is 7.70. The number of anilines is 1. The van der Waals surface area contributed by atoms with Crippen molar-refractivity contribution in [2.24, 2.45) is 5.14 Å². The maximum atomic E-state index is 12.0. The highest BCUT2D eigenvalue weighted by atomic mass is 32.2. The van der Waals surface area contributed by atoms with Crippen LogP contribution in [-0.2, 0) is 21.4 Å². The zero-order chi connectivity index (χ0) is 18.6. The lowest BCUT2D eigenvalue weighted by molar-refractivity contribution is -0.116. The van der Waals surface area contributed by atoms with Crippen molar-refractivity contribution in [2.75, 3.05) is 18.9 Å². The lowest BCUT2D eigenvalue weighted by atomic mass is 10.2. The van der Waals surface area contributed by atoms with Gasteiger partial charge in [0.25, 0.3) is 0 Å². The highest BCUT2D eigenvalue weighted by Gasteiger charge is 2.13. The Balaban J connectivity index is 1.84. The molecule has 0 aliphatic rings. The van der Waals surface area contributed by atoms with Gasteiger partial charge in [-0.2, -0.15) is 0 Å². The molecule has 0 saturated carbocycles. The molecule has 0 fully saturated rings. The van der Waals surface area contributed by atoms with Crippen molar-refractivity contribution in [2.45, 2.75) is 31.7 Å². The maximum Gasteiger partial charge on any atom is 0.238 e. The van der Waals surface area contributed by atoms with E-state index in [1.54, 1.807) is 0 Å². The van der Waals surface area contributed by atoms with E-state index in [2.05, 4.69) is 10.5 Å². The van der Waals surface area contributed by atoms with Gasteiger partial charge in [-0.3, -0.25) is 4.79 Å². The van der Waals surface area contributed by atoms with Gasteiger partial charge in [0, 0.05) is 30.8 Å². The van der Waals surface area contributed by atoms with E-state index in [4.69, 9.17) is 9.66 Å². The molecule has 0 unspecified atom stereocenters. The predicted octanol–water partition coefficient (Wildman–Crippen LogP) is 1.40. The number of carbonyl (C=O) groups is 1. The summed E-state index contributed by atoms with van der Waals surface area (Å²) in [6.07, 6.45) is 0.302. The molecule has 2 aromatic rings. The molecule has 0 aliphatic heterocycles.